The van der Waals surface area contributed by atoms with Crippen LogP contribution in [-0.2, 0) is 32.5 Å². The summed E-state index contributed by atoms with van der Waals surface area (Å²) in [7, 11) is -2.54. The van der Waals surface area contributed by atoms with Gasteiger partial charge >= 0.3 is 0 Å². The molecule has 0 spiro atoms. The van der Waals surface area contributed by atoms with Gasteiger partial charge in [0.25, 0.3) is 0 Å². The van der Waals surface area contributed by atoms with Gasteiger partial charge in [0.05, 0.1) is 17.7 Å². The van der Waals surface area contributed by atoms with E-state index >= 15 is 0 Å². The summed E-state index contributed by atoms with van der Waals surface area (Å²) in [6, 6.07) is 18.0. The van der Waals surface area contributed by atoms with E-state index < -0.39 is 22.0 Å². The Balaban J connectivity index is 1.62. The van der Waals surface area contributed by atoms with E-state index in [0.29, 0.717) is 30.0 Å². The molecule has 35 heavy (non-hydrogen) atoms. The second-order valence-corrected chi connectivity index (χ2v) is 10.1. The van der Waals surface area contributed by atoms with E-state index in [0.717, 1.165) is 16.7 Å². The first-order valence-corrected chi connectivity index (χ1v) is 12.7. The summed E-state index contributed by atoms with van der Waals surface area (Å²) in [5, 5.41) is 5.56. The van der Waals surface area contributed by atoms with Crippen LogP contribution in [0, 0.1) is 6.92 Å². The average molecular weight is 494 g/mol. The molecule has 0 saturated heterocycles. The maximum absolute atomic E-state index is 13.3. The van der Waals surface area contributed by atoms with Crippen LogP contribution in [0.25, 0.3) is 0 Å². The van der Waals surface area contributed by atoms with Crippen LogP contribution in [0.5, 0.6) is 5.75 Å². The van der Waals surface area contributed by atoms with Crippen LogP contribution in [0.15, 0.2) is 71.6 Å². The maximum atomic E-state index is 13.3. The van der Waals surface area contributed by atoms with Gasteiger partial charge in [0.2, 0.25) is 21.8 Å². The van der Waals surface area contributed by atoms with Crippen molar-refractivity contribution in [1.82, 2.24) is 4.72 Å². The highest BCUT2D eigenvalue weighted by atomic mass is 32.2. The van der Waals surface area contributed by atoms with Crippen molar-refractivity contribution >= 4 is 33.2 Å². The van der Waals surface area contributed by atoms with Gasteiger partial charge < -0.3 is 15.4 Å². The third-order valence-corrected chi connectivity index (χ3v) is 7.26. The third kappa shape index (κ3) is 5.87. The van der Waals surface area contributed by atoms with Crippen molar-refractivity contribution in [2.24, 2.45) is 0 Å². The molecule has 182 valence electrons. The predicted octanol–water partition coefficient (Wildman–Crippen LogP) is 3.42. The van der Waals surface area contributed by atoms with Crippen LogP contribution in [0.2, 0.25) is 0 Å². The van der Waals surface area contributed by atoms with Crippen molar-refractivity contribution in [2.45, 2.75) is 37.1 Å². The molecule has 0 bridgehead atoms. The summed E-state index contributed by atoms with van der Waals surface area (Å²) in [5.41, 5.74) is 3.52. The molecule has 0 saturated carbocycles. The van der Waals surface area contributed by atoms with Gasteiger partial charge in [-0.3, -0.25) is 9.59 Å². The molecule has 1 atom stereocenters. The van der Waals surface area contributed by atoms with Crippen LogP contribution in [-0.4, -0.2) is 33.4 Å². The minimum atomic E-state index is -4.04. The molecule has 4 rings (SSSR count). The third-order valence-electron chi connectivity index (χ3n) is 5.79. The molecular weight excluding hydrogens is 466 g/mol. The number of carbonyl (C=O) groups excluding carboxylic acids is 2. The fourth-order valence-electron chi connectivity index (χ4n) is 3.96. The van der Waals surface area contributed by atoms with Gasteiger partial charge in [-0.15, -0.1) is 0 Å². The van der Waals surface area contributed by atoms with E-state index in [2.05, 4.69) is 15.4 Å². The number of carbonyl (C=O) groups is 2. The smallest absolute Gasteiger partial charge is 0.243 e. The number of amides is 2. The van der Waals surface area contributed by atoms with Gasteiger partial charge in [0, 0.05) is 12.1 Å². The van der Waals surface area contributed by atoms with E-state index in [9.17, 15) is 18.0 Å². The van der Waals surface area contributed by atoms with Crippen LogP contribution < -0.4 is 20.1 Å². The lowest BCUT2D eigenvalue weighted by molar-refractivity contribution is -0.118. The number of aryl methyl sites for hydroxylation is 2. The molecule has 0 aromatic heterocycles. The highest BCUT2D eigenvalue weighted by Gasteiger charge is 2.28. The number of ether oxygens (including phenoxy) is 1. The van der Waals surface area contributed by atoms with Gasteiger partial charge in [-0.05, 0) is 66.8 Å². The van der Waals surface area contributed by atoms with Crippen molar-refractivity contribution in [3.05, 3.63) is 83.4 Å². The van der Waals surface area contributed by atoms with E-state index in [4.69, 9.17) is 4.74 Å². The number of fused-ring (bicyclic) bond motifs is 1. The number of anilines is 2. The Morgan fingerprint density at radius 2 is 1.83 bits per heavy atom. The normalized spacial score (nSPS) is 13.9. The Morgan fingerprint density at radius 1 is 1.06 bits per heavy atom. The molecule has 3 N–H and O–H groups in total. The van der Waals surface area contributed by atoms with Gasteiger partial charge in [-0.2, -0.15) is 4.72 Å². The van der Waals surface area contributed by atoms with Crippen molar-refractivity contribution in [2.75, 3.05) is 17.7 Å². The molecule has 3 aromatic rings. The minimum absolute atomic E-state index is 0.0337. The fourth-order valence-corrected chi connectivity index (χ4v) is 5.20. The highest BCUT2D eigenvalue weighted by molar-refractivity contribution is 7.89. The van der Waals surface area contributed by atoms with Gasteiger partial charge in [0.15, 0.2) is 0 Å². The molecule has 9 heteroatoms. The molecule has 1 heterocycles. The lowest BCUT2D eigenvalue weighted by Crippen LogP contribution is -2.45. The van der Waals surface area contributed by atoms with Crippen molar-refractivity contribution < 1.29 is 22.7 Å². The number of nitrogens with one attached hydrogen (secondary N) is 3. The molecular formula is C26H27N3O5S. The standard InChI is InChI=1S/C26H27N3O5S/c1-17-8-12-24(34-2)22(14-17)28-26(31)23(15-18-6-4-3-5-7-18)29-35(32,33)20-10-11-21-19(16-20)9-13-25(30)27-21/h3-8,10-12,14,16,23,29H,9,13,15H2,1-2H3,(H,27,30)(H,28,31). The van der Waals surface area contributed by atoms with Crippen molar-refractivity contribution in [3.63, 3.8) is 0 Å². The second-order valence-electron chi connectivity index (χ2n) is 8.42. The summed E-state index contributed by atoms with van der Waals surface area (Å²) in [6.07, 6.45) is 0.897. The summed E-state index contributed by atoms with van der Waals surface area (Å²) in [5.74, 6) is -0.133. The highest BCUT2D eigenvalue weighted by Crippen LogP contribution is 2.27. The lowest BCUT2D eigenvalue weighted by Gasteiger charge is -2.21. The predicted molar refractivity (Wildman–Crippen MR) is 134 cm³/mol. The second kappa shape index (κ2) is 10.3. The molecule has 0 fully saturated rings. The van der Waals surface area contributed by atoms with Crippen LogP contribution in [0.4, 0.5) is 11.4 Å². The summed E-state index contributed by atoms with van der Waals surface area (Å²) in [6.45, 7) is 1.89. The van der Waals surface area contributed by atoms with Crippen molar-refractivity contribution in [1.29, 1.82) is 0 Å². The molecule has 1 unspecified atom stereocenters. The molecule has 0 radical (unpaired) electrons. The first kappa shape index (κ1) is 24.4. The summed E-state index contributed by atoms with van der Waals surface area (Å²) < 4.78 is 34.6. The quantitative estimate of drug-likeness (QED) is 0.445. The number of methoxy groups -OCH3 is 1. The van der Waals surface area contributed by atoms with Crippen molar-refractivity contribution in [3.8, 4) is 5.75 Å². The van der Waals surface area contributed by atoms with Gasteiger partial charge in [-0.25, -0.2) is 8.42 Å². The maximum Gasteiger partial charge on any atom is 0.243 e. The monoisotopic (exact) mass is 493 g/mol. The van der Waals surface area contributed by atoms with Crippen LogP contribution >= 0.6 is 0 Å². The molecule has 0 aliphatic carbocycles. The average Bonchev–Trinajstić information content (AvgIpc) is 2.84. The summed E-state index contributed by atoms with van der Waals surface area (Å²) >= 11 is 0. The molecule has 3 aromatic carbocycles. The zero-order valence-corrected chi connectivity index (χ0v) is 20.3. The zero-order chi connectivity index (χ0) is 25.0. The number of sulfonamides is 1. The fraction of sp³-hybridized carbons (Fsp3) is 0.231. The van der Waals surface area contributed by atoms with Crippen LogP contribution in [0.1, 0.15) is 23.1 Å². The molecule has 8 nitrogen and oxygen atoms in total. The molecule has 1 aliphatic heterocycles. The lowest BCUT2D eigenvalue weighted by atomic mass is 10.0. The minimum Gasteiger partial charge on any atom is -0.495 e. The number of benzene rings is 3. The SMILES string of the molecule is COc1ccc(C)cc1NC(=O)C(Cc1ccccc1)NS(=O)(=O)c1ccc2c(c1)CCC(=O)N2. The van der Waals surface area contributed by atoms with E-state index in [1.54, 1.807) is 18.2 Å². The Morgan fingerprint density at radius 3 is 2.57 bits per heavy atom. The van der Waals surface area contributed by atoms with Crippen LogP contribution in [0.3, 0.4) is 0 Å². The Kier molecular flexibility index (Phi) is 7.18. The summed E-state index contributed by atoms with van der Waals surface area (Å²) in [4.78, 5) is 25.0. The molecule has 1 aliphatic rings. The van der Waals surface area contributed by atoms with Gasteiger partial charge in [0.1, 0.15) is 11.8 Å². The van der Waals surface area contributed by atoms with Gasteiger partial charge in [-0.1, -0.05) is 36.4 Å². The topological polar surface area (TPSA) is 114 Å². The first-order valence-electron chi connectivity index (χ1n) is 11.2. The number of hydrogen-bond acceptors (Lipinski definition) is 5. The van der Waals surface area contributed by atoms with E-state index in [-0.39, 0.29) is 17.2 Å². The zero-order valence-electron chi connectivity index (χ0n) is 19.5. The number of rotatable bonds is 8. The Labute approximate surface area is 204 Å². The van der Waals surface area contributed by atoms with E-state index in [1.807, 2.05) is 43.3 Å². The van der Waals surface area contributed by atoms with E-state index in [1.165, 1.54) is 19.2 Å². The Bertz CT molecular complexity index is 1360. The largest absolute Gasteiger partial charge is 0.495 e. The Hall–Kier alpha value is -3.69. The molecule has 2 amide bonds. The first-order chi connectivity index (χ1) is 16.7. The number of hydrogen-bond donors (Lipinski definition) is 3.